The van der Waals surface area contributed by atoms with Crippen molar-refractivity contribution in [1.29, 1.82) is 0 Å². The van der Waals surface area contributed by atoms with Crippen molar-refractivity contribution in [3.05, 3.63) is 0 Å². The Balaban J connectivity index is 1.51. The summed E-state index contributed by atoms with van der Waals surface area (Å²) in [5, 5.41) is 14.2. The van der Waals surface area contributed by atoms with E-state index in [1.54, 1.807) is 0 Å². The predicted octanol–water partition coefficient (Wildman–Crippen LogP) is 0.411. The van der Waals surface area contributed by atoms with Gasteiger partial charge < -0.3 is 24.6 Å². The molecule has 0 aromatic carbocycles. The molecule has 3 aliphatic rings. The van der Waals surface area contributed by atoms with Crippen LogP contribution < -0.4 is 5.32 Å². The van der Waals surface area contributed by atoms with Crippen molar-refractivity contribution in [3.8, 4) is 0 Å². The normalized spacial score (nSPS) is 41.8. The highest BCUT2D eigenvalue weighted by Crippen LogP contribution is 2.32. The zero-order chi connectivity index (χ0) is 12.4. The maximum absolute atomic E-state index is 10.7. The summed E-state index contributed by atoms with van der Waals surface area (Å²) in [7, 11) is 0. The number of piperidine rings is 1. The third-order valence-corrected chi connectivity index (χ3v) is 4.10. The van der Waals surface area contributed by atoms with Gasteiger partial charge in [0.1, 0.15) is 0 Å². The maximum atomic E-state index is 10.7. The number of fused-ring (bicyclic) bond motifs is 2. The lowest BCUT2D eigenvalue weighted by atomic mass is 9.80. The van der Waals surface area contributed by atoms with Gasteiger partial charge in [0.2, 0.25) is 0 Å². The summed E-state index contributed by atoms with van der Waals surface area (Å²) >= 11 is 0. The summed E-state index contributed by atoms with van der Waals surface area (Å²) in [6, 6.07) is 0.603. The standard InChI is InChI=1S/C13H23NO4/c15-13(3-2-12-17-4-1-5-18-12)6-10-8-16-9-11(7-13)14-10/h10-12,14-15H,1-9H2. The summed E-state index contributed by atoms with van der Waals surface area (Å²) in [6.45, 7) is 3.00. The molecule has 2 N–H and O–H groups in total. The van der Waals surface area contributed by atoms with Crippen molar-refractivity contribution in [3.63, 3.8) is 0 Å². The Morgan fingerprint density at radius 1 is 1.11 bits per heavy atom. The predicted molar refractivity (Wildman–Crippen MR) is 65.3 cm³/mol. The number of morpholine rings is 1. The average Bonchev–Trinajstić information content (AvgIpc) is 2.37. The van der Waals surface area contributed by atoms with Gasteiger partial charge in [0.15, 0.2) is 6.29 Å². The van der Waals surface area contributed by atoms with Gasteiger partial charge in [-0.05, 0) is 25.7 Å². The Morgan fingerprint density at radius 2 is 1.78 bits per heavy atom. The monoisotopic (exact) mass is 257 g/mol. The van der Waals surface area contributed by atoms with E-state index in [9.17, 15) is 5.11 Å². The van der Waals surface area contributed by atoms with Crippen LogP contribution in [0.3, 0.4) is 0 Å². The minimum absolute atomic E-state index is 0.117. The number of nitrogens with one attached hydrogen (secondary N) is 1. The molecular weight excluding hydrogens is 234 g/mol. The molecule has 3 saturated heterocycles. The first-order valence-corrected chi connectivity index (χ1v) is 7.03. The number of hydrogen-bond donors (Lipinski definition) is 2. The van der Waals surface area contributed by atoms with Crippen molar-refractivity contribution >= 4 is 0 Å². The fourth-order valence-corrected chi connectivity index (χ4v) is 3.31. The SMILES string of the molecule is OC1(CCC2OCCCO2)CC2COCC(C1)N2. The smallest absolute Gasteiger partial charge is 0.157 e. The van der Waals surface area contributed by atoms with Gasteiger partial charge in [0.25, 0.3) is 0 Å². The van der Waals surface area contributed by atoms with E-state index in [0.29, 0.717) is 12.1 Å². The second-order valence-electron chi connectivity index (χ2n) is 5.79. The van der Waals surface area contributed by atoms with Crippen molar-refractivity contribution in [2.45, 2.75) is 56.1 Å². The lowest BCUT2D eigenvalue weighted by molar-refractivity contribution is -0.189. The molecule has 5 heteroatoms. The Hall–Kier alpha value is -0.200. The highest BCUT2D eigenvalue weighted by atomic mass is 16.7. The summed E-state index contributed by atoms with van der Waals surface area (Å²) in [4.78, 5) is 0. The van der Waals surface area contributed by atoms with Crippen LogP contribution >= 0.6 is 0 Å². The van der Waals surface area contributed by atoms with E-state index in [0.717, 1.165) is 58.5 Å². The van der Waals surface area contributed by atoms with E-state index in [-0.39, 0.29) is 6.29 Å². The highest BCUT2D eigenvalue weighted by Gasteiger charge is 2.41. The molecule has 3 rings (SSSR count). The minimum Gasteiger partial charge on any atom is -0.390 e. The molecule has 0 spiro atoms. The van der Waals surface area contributed by atoms with Crippen molar-refractivity contribution < 1.29 is 19.3 Å². The molecule has 2 unspecified atom stereocenters. The Morgan fingerprint density at radius 3 is 2.44 bits per heavy atom. The van der Waals surface area contributed by atoms with Crippen LogP contribution in [0.2, 0.25) is 0 Å². The fourth-order valence-electron chi connectivity index (χ4n) is 3.31. The highest BCUT2D eigenvalue weighted by molar-refractivity contribution is 4.97. The molecule has 104 valence electrons. The average molecular weight is 257 g/mol. The van der Waals surface area contributed by atoms with Crippen molar-refractivity contribution in [2.75, 3.05) is 26.4 Å². The molecule has 18 heavy (non-hydrogen) atoms. The Bertz CT molecular complexity index is 268. The third kappa shape index (κ3) is 3.03. The van der Waals surface area contributed by atoms with Gasteiger partial charge in [-0.2, -0.15) is 0 Å². The topological polar surface area (TPSA) is 60.0 Å². The molecule has 0 amide bonds. The summed E-state index contributed by atoms with van der Waals surface area (Å²) in [5.41, 5.74) is -0.575. The van der Waals surface area contributed by atoms with Crippen LogP contribution in [0.5, 0.6) is 0 Å². The zero-order valence-corrected chi connectivity index (χ0v) is 10.8. The molecule has 0 aromatic rings. The van der Waals surface area contributed by atoms with Gasteiger partial charge in [0, 0.05) is 18.5 Å². The van der Waals surface area contributed by atoms with Crippen LogP contribution in [-0.4, -0.2) is 55.5 Å². The van der Waals surface area contributed by atoms with E-state index >= 15 is 0 Å². The first-order chi connectivity index (χ1) is 8.73. The summed E-state index contributed by atoms with van der Waals surface area (Å²) < 4.78 is 16.6. The van der Waals surface area contributed by atoms with Gasteiger partial charge in [-0.1, -0.05) is 0 Å². The number of ether oxygens (including phenoxy) is 3. The Labute approximate surface area is 108 Å². The maximum Gasteiger partial charge on any atom is 0.157 e. The molecular formula is C13H23NO4. The molecule has 0 aliphatic carbocycles. The van der Waals surface area contributed by atoms with Crippen molar-refractivity contribution in [2.24, 2.45) is 0 Å². The number of aliphatic hydroxyl groups is 1. The molecule has 0 saturated carbocycles. The van der Waals surface area contributed by atoms with E-state index in [2.05, 4.69) is 5.32 Å². The minimum atomic E-state index is -0.575. The van der Waals surface area contributed by atoms with E-state index in [1.165, 1.54) is 0 Å². The lowest BCUT2D eigenvalue weighted by Crippen LogP contribution is -2.59. The van der Waals surface area contributed by atoms with Crippen LogP contribution in [0.4, 0.5) is 0 Å². The second kappa shape index (κ2) is 5.43. The quantitative estimate of drug-likeness (QED) is 0.767. The number of rotatable bonds is 3. The molecule has 0 aromatic heterocycles. The zero-order valence-electron chi connectivity index (χ0n) is 10.8. The molecule has 3 fully saturated rings. The van der Waals surface area contributed by atoms with Gasteiger partial charge in [-0.25, -0.2) is 0 Å². The summed E-state index contributed by atoms with van der Waals surface area (Å²) in [5.74, 6) is 0. The van der Waals surface area contributed by atoms with E-state index in [1.807, 2.05) is 0 Å². The largest absolute Gasteiger partial charge is 0.390 e. The molecule has 0 radical (unpaired) electrons. The van der Waals surface area contributed by atoms with Gasteiger partial charge in [-0.15, -0.1) is 0 Å². The fraction of sp³-hybridized carbons (Fsp3) is 1.00. The van der Waals surface area contributed by atoms with Crippen LogP contribution in [0, 0.1) is 0 Å². The van der Waals surface area contributed by atoms with Gasteiger partial charge in [-0.3, -0.25) is 0 Å². The molecule has 2 atom stereocenters. The van der Waals surface area contributed by atoms with Crippen molar-refractivity contribution in [1.82, 2.24) is 5.32 Å². The first-order valence-electron chi connectivity index (χ1n) is 7.03. The summed E-state index contributed by atoms with van der Waals surface area (Å²) in [6.07, 6.45) is 3.95. The van der Waals surface area contributed by atoms with Gasteiger partial charge in [0.05, 0.1) is 32.0 Å². The molecule has 3 heterocycles. The second-order valence-corrected chi connectivity index (χ2v) is 5.79. The van der Waals surface area contributed by atoms with Crippen LogP contribution in [0.1, 0.15) is 32.1 Å². The Kier molecular flexibility index (Phi) is 3.86. The van der Waals surface area contributed by atoms with E-state index < -0.39 is 5.60 Å². The van der Waals surface area contributed by atoms with E-state index in [4.69, 9.17) is 14.2 Å². The molecule has 5 nitrogen and oxygen atoms in total. The van der Waals surface area contributed by atoms with Crippen LogP contribution in [-0.2, 0) is 14.2 Å². The van der Waals surface area contributed by atoms with Gasteiger partial charge >= 0.3 is 0 Å². The number of hydrogen-bond acceptors (Lipinski definition) is 5. The van der Waals surface area contributed by atoms with Crippen LogP contribution in [0.15, 0.2) is 0 Å². The third-order valence-electron chi connectivity index (χ3n) is 4.10. The first kappa shape index (κ1) is 12.8. The molecule has 3 aliphatic heterocycles. The lowest BCUT2D eigenvalue weighted by Gasteiger charge is -2.45. The van der Waals surface area contributed by atoms with Crippen LogP contribution in [0.25, 0.3) is 0 Å². The molecule has 2 bridgehead atoms.